The zero-order valence-corrected chi connectivity index (χ0v) is 12.0. The average Bonchev–Trinajstić information content (AvgIpc) is 3.04. The minimum atomic E-state index is -0.384. The Labute approximate surface area is 124 Å². The van der Waals surface area contributed by atoms with Crippen LogP contribution in [0.4, 0.5) is 0 Å². The van der Waals surface area contributed by atoms with E-state index in [1.807, 2.05) is 35.7 Å². The first-order valence-electron chi connectivity index (χ1n) is 6.53. The molecule has 0 saturated heterocycles. The SMILES string of the molecule is CC(=O)Oc1cc2c(c3sccc13)-c1ccccc1C2=O. The van der Waals surface area contributed by atoms with E-state index in [2.05, 4.69) is 0 Å². The summed E-state index contributed by atoms with van der Waals surface area (Å²) in [5.74, 6) is 0.0633. The van der Waals surface area contributed by atoms with Gasteiger partial charge in [0.15, 0.2) is 5.78 Å². The second-order valence-corrected chi connectivity index (χ2v) is 5.85. The van der Waals surface area contributed by atoms with Gasteiger partial charge in [0.2, 0.25) is 0 Å². The molecule has 2 aromatic carbocycles. The molecular weight excluding hydrogens is 284 g/mol. The van der Waals surface area contributed by atoms with Gasteiger partial charge in [0.25, 0.3) is 0 Å². The van der Waals surface area contributed by atoms with Gasteiger partial charge in [-0.1, -0.05) is 24.3 Å². The van der Waals surface area contributed by atoms with Crippen LogP contribution >= 0.6 is 11.3 Å². The summed E-state index contributed by atoms with van der Waals surface area (Å²) in [5, 5.41) is 2.82. The molecule has 4 rings (SSSR count). The van der Waals surface area contributed by atoms with Gasteiger partial charge in [-0.25, -0.2) is 0 Å². The molecule has 1 aliphatic rings. The van der Waals surface area contributed by atoms with E-state index in [9.17, 15) is 9.59 Å². The molecule has 0 atom stereocenters. The molecule has 0 fully saturated rings. The summed E-state index contributed by atoms with van der Waals surface area (Å²) in [6, 6.07) is 11.2. The van der Waals surface area contributed by atoms with Crippen LogP contribution in [0.15, 0.2) is 41.8 Å². The third-order valence-corrected chi connectivity index (χ3v) is 4.57. The number of carbonyl (C=O) groups excluding carboxylic acids is 2. The van der Waals surface area contributed by atoms with Crippen LogP contribution in [-0.2, 0) is 4.79 Å². The summed E-state index contributed by atoms with van der Waals surface area (Å²) in [6.07, 6.45) is 0. The van der Waals surface area contributed by atoms with E-state index >= 15 is 0 Å². The van der Waals surface area contributed by atoms with Crippen molar-refractivity contribution < 1.29 is 14.3 Å². The molecule has 0 amide bonds. The molecule has 0 N–H and O–H groups in total. The van der Waals surface area contributed by atoms with Gasteiger partial charge in [-0.3, -0.25) is 9.59 Å². The number of benzene rings is 2. The molecule has 1 aromatic heterocycles. The van der Waals surface area contributed by atoms with Gasteiger partial charge in [-0.2, -0.15) is 0 Å². The second kappa shape index (κ2) is 4.27. The summed E-state index contributed by atoms with van der Waals surface area (Å²) in [7, 11) is 0. The maximum Gasteiger partial charge on any atom is 0.308 e. The molecule has 0 bridgehead atoms. The van der Waals surface area contributed by atoms with Crippen molar-refractivity contribution in [1.29, 1.82) is 0 Å². The lowest BCUT2D eigenvalue weighted by atomic mass is 10.0. The summed E-state index contributed by atoms with van der Waals surface area (Å²) in [4.78, 5) is 23.8. The zero-order valence-electron chi connectivity index (χ0n) is 11.2. The van der Waals surface area contributed by atoms with Crippen LogP contribution in [0.2, 0.25) is 0 Å². The summed E-state index contributed by atoms with van der Waals surface area (Å²) < 4.78 is 6.26. The van der Waals surface area contributed by atoms with Crippen molar-refractivity contribution >= 4 is 33.2 Å². The minimum absolute atomic E-state index is 0.00991. The molecule has 4 heteroatoms. The first-order valence-corrected chi connectivity index (χ1v) is 7.41. The first kappa shape index (κ1) is 12.3. The molecular formula is C17H10O3S. The minimum Gasteiger partial charge on any atom is -0.426 e. The van der Waals surface area contributed by atoms with Gasteiger partial charge >= 0.3 is 5.97 Å². The van der Waals surface area contributed by atoms with E-state index in [1.165, 1.54) is 6.92 Å². The third-order valence-electron chi connectivity index (χ3n) is 3.64. The highest BCUT2D eigenvalue weighted by Crippen LogP contribution is 2.46. The number of ketones is 1. The Bertz CT molecular complexity index is 921. The molecule has 102 valence electrons. The lowest BCUT2D eigenvalue weighted by Crippen LogP contribution is -2.03. The first-order chi connectivity index (χ1) is 10.2. The number of ether oxygens (including phenoxy) is 1. The van der Waals surface area contributed by atoms with Crippen molar-refractivity contribution in [2.24, 2.45) is 0 Å². The molecule has 1 heterocycles. The summed E-state index contributed by atoms with van der Waals surface area (Å²) in [6.45, 7) is 1.36. The van der Waals surface area contributed by atoms with Crippen LogP contribution in [0, 0.1) is 0 Å². The molecule has 0 saturated carbocycles. The van der Waals surface area contributed by atoms with Gasteiger partial charge in [0, 0.05) is 33.7 Å². The molecule has 0 spiro atoms. The van der Waals surface area contributed by atoms with E-state index in [-0.39, 0.29) is 11.8 Å². The van der Waals surface area contributed by atoms with Crippen LogP contribution in [-0.4, -0.2) is 11.8 Å². The number of carbonyl (C=O) groups is 2. The maximum absolute atomic E-state index is 12.6. The van der Waals surface area contributed by atoms with Crippen LogP contribution in [0.5, 0.6) is 5.75 Å². The highest BCUT2D eigenvalue weighted by Gasteiger charge is 2.30. The van der Waals surface area contributed by atoms with Gasteiger partial charge < -0.3 is 4.74 Å². The number of esters is 1. The molecule has 0 radical (unpaired) electrons. The molecule has 0 aliphatic heterocycles. The van der Waals surface area contributed by atoms with Crippen molar-refractivity contribution in [3.8, 4) is 16.9 Å². The highest BCUT2D eigenvalue weighted by molar-refractivity contribution is 7.18. The summed E-state index contributed by atoms with van der Waals surface area (Å²) in [5.41, 5.74) is 3.24. The molecule has 3 nitrogen and oxygen atoms in total. The van der Waals surface area contributed by atoms with E-state index in [0.29, 0.717) is 16.9 Å². The lowest BCUT2D eigenvalue weighted by Gasteiger charge is -2.07. The predicted octanol–water partition coefficient (Wildman–Crippen LogP) is 4.04. The molecule has 0 unspecified atom stereocenters. The number of rotatable bonds is 1. The predicted molar refractivity (Wildman–Crippen MR) is 82.0 cm³/mol. The number of fused-ring (bicyclic) bond motifs is 5. The van der Waals surface area contributed by atoms with Gasteiger partial charge in [-0.05, 0) is 23.1 Å². The van der Waals surface area contributed by atoms with E-state index < -0.39 is 0 Å². The van der Waals surface area contributed by atoms with Crippen molar-refractivity contribution in [3.05, 3.63) is 52.9 Å². The standard InChI is InChI=1S/C17H10O3S/c1-9(18)20-14-8-13-15(17-12(14)6-7-21-17)10-4-2-3-5-11(10)16(13)19/h2-8H,1H3. The zero-order chi connectivity index (χ0) is 14.6. The normalized spacial score (nSPS) is 12.3. The fourth-order valence-electron chi connectivity index (χ4n) is 2.83. The quantitative estimate of drug-likeness (QED) is 0.393. The van der Waals surface area contributed by atoms with Crippen LogP contribution in [0.1, 0.15) is 22.8 Å². The van der Waals surface area contributed by atoms with E-state index in [4.69, 9.17) is 4.74 Å². The van der Waals surface area contributed by atoms with Gasteiger partial charge in [0.05, 0.1) is 0 Å². The Kier molecular flexibility index (Phi) is 2.50. The smallest absolute Gasteiger partial charge is 0.308 e. The Morgan fingerprint density at radius 2 is 1.86 bits per heavy atom. The number of hydrogen-bond donors (Lipinski definition) is 0. The van der Waals surface area contributed by atoms with E-state index in [0.717, 1.165) is 21.2 Å². The van der Waals surface area contributed by atoms with Gasteiger partial charge in [-0.15, -0.1) is 11.3 Å². The third kappa shape index (κ3) is 1.66. The van der Waals surface area contributed by atoms with Gasteiger partial charge in [0.1, 0.15) is 5.75 Å². The lowest BCUT2D eigenvalue weighted by molar-refractivity contribution is -0.131. The average molecular weight is 294 g/mol. The Hall–Kier alpha value is -2.46. The van der Waals surface area contributed by atoms with Crippen molar-refractivity contribution in [1.82, 2.24) is 0 Å². The highest BCUT2D eigenvalue weighted by atomic mass is 32.1. The monoisotopic (exact) mass is 294 g/mol. The number of hydrogen-bond acceptors (Lipinski definition) is 4. The van der Waals surface area contributed by atoms with Crippen molar-refractivity contribution in [2.75, 3.05) is 0 Å². The Morgan fingerprint density at radius 1 is 1.10 bits per heavy atom. The molecule has 3 aromatic rings. The fourth-order valence-corrected chi connectivity index (χ4v) is 3.80. The second-order valence-electron chi connectivity index (χ2n) is 4.93. The summed E-state index contributed by atoms with van der Waals surface area (Å²) >= 11 is 1.56. The molecule has 21 heavy (non-hydrogen) atoms. The van der Waals surface area contributed by atoms with Crippen LogP contribution in [0.3, 0.4) is 0 Å². The fraction of sp³-hybridized carbons (Fsp3) is 0.0588. The maximum atomic E-state index is 12.6. The topological polar surface area (TPSA) is 43.4 Å². The van der Waals surface area contributed by atoms with Crippen LogP contribution in [0.25, 0.3) is 21.2 Å². The van der Waals surface area contributed by atoms with Crippen molar-refractivity contribution in [2.45, 2.75) is 6.92 Å². The van der Waals surface area contributed by atoms with Crippen LogP contribution < -0.4 is 4.74 Å². The molecule has 1 aliphatic carbocycles. The number of thiophene rings is 1. The Balaban J connectivity index is 2.09. The Morgan fingerprint density at radius 3 is 2.62 bits per heavy atom. The largest absolute Gasteiger partial charge is 0.426 e. The van der Waals surface area contributed by atoms with E-state index in [1.54, 1.807) is 17.4 Å². The van der Waals surface area contributed by atoms with Crippen molar-refractivity contribution in [3.63, 3.8) is 0 Å².